The Kier molecular flexibility index (Phi) is 6.63. The van der Waals surface area contributed by atoms with Gasteiger partial charge in [-0.1, -0.05) is 49.2 Å². The molecule has 1 N–H and O–H groups in total. The molecule has 0 unspecified atom stereocenters. The Hall–Kier alpha value is -2.33. The Balaban J connectivity index is 1.75. The van der Waals surface area contributed by atoms with Gasteiger partial charge in [0.05, 0.1) is 6.21 Å². The van der Waals surface area contributed by atoms with Gasteiger partial charge in [-0.05, 0) is 41.8 Å². The number of nitrogens with zero attached hydrogens (tertiary/aromatic N) is 1. The highest BCUT2D eigenvalue weighted by atomic mass is 35.5. The zero-order valence-corrected chi connectivity index (χ0v) is 13.7. The molecule has 0 saturated heterocycles. The minimum Gasteiger partial charge on any atom is -0.484 e. The number of carbonyl (C=O) groups excluding carboxylic acids is 1. The lowest BCUT2D eigenvalue weighted by molar-refractivity contribution is -0.123. The van der Waals surface area contributed by atoms with Crippen LogP contribution in [0.3, 0.4) is 0 Å². The van der Waals surface area contributed by atoms with Crippen LogP contribution < -0.4 is 10.2 Å². The summed E-state index contributed by atoms with van der Waals surface area (Å²) >= 11 is 5.79. The highest BCUT2D eigenvalue weighted by molar-refractivity contribution is 6.30. The van der Waals surface area contributed by atoms with Crippen molar-refractivity contribution in [3.05, 3.63) is 64.7 Å². The molecule has 0 heterocycles. The maximum absolute atomic E-state index is 11.7. The Morgan fingerprint density at radius 1 is 1.17 bits per heavy atom. The molecule has 120 valence electrons. The summed E-state index contributed by atoms with van der Waals surface area (Å²) in [6.07, 6.45) is 3.70. The van der Waals surface area contributed by atoms with Crippen LogP contribution in [0.25, 0.3) is 0 Å². The average molecular weight is 331 g/mol. The van der Waals surface area contributed by atoms with Gasteiger partial charge in [-0.3, -0.25) is 4.79 Å². The van der Waals surface area contributed by atoms with E-state index >= 15 is 0 Å². The van der Waals surface area contributed by atoms with Gasteiger partial charge in [0.25, 0.3) is 5.91 Å². The van der Waals surface area contributed by atoms with Gasteiger partial charge in [0.1, 0.15) is 5.75 Å². The molecule has 0 aliphatic carbocycles. The van der Waals surface area contributed by atoms with E-state index in [4.69, 9.17) is 16.3 Å². The Morgan fingerprint density at radius 3 is 2.52 bits per heavy atom. The molecule has 2 aromatic carbocycles. The molecule has 0 saturated carbocycles. The summed E-state index contributed by atoms with van der Waals surface area (Å²) < 4.78 is 5.42. The van der Waals surface area contributed by atoms with Crippen LogP contribution in [0, 0.1) is 0 Å². The van der Waals surface area contributed by atoms with Crippen LogP contribution in [0.2, 0.25) is 5.02 Å². The second-order valence-corrected chi connectivity index (χ2v) is 5.46. The third kappa shape index (κ3) is 6.12. The highest BCUT2D eigenvalue weighted by Crippen LogP contribution is 2.13. The number of carbonyl (C=O) groups is 1. The van der Waals surface area contributed by atoms with Crippen molar-refractivity contribution in [2.75, 3.05) is 6.61 Å². The van der Waals surface area contributed by atoms with Gasteiger partial charge in [0.2, 0.25) is 0 Å². The molecule has 0 aromatic heterocycles. The Bertz CT molecular complexity index is 652. The van der Waals surface area contributed by atoms with Crippen molar-refractivity contribution in [2.24, 2.45) is 5.10 Å². The third-order valence-electron chi connectivity index (χ3n) is 3.10. The fourth-order valence-corrected chi connectivity index (χ4v) is 2.08. The molecule has 0 fully saturated rings. The smallest absolute Gasteiger partial charge is 0.277 e. The number of ether oxygens (including phenoxy) is 1. The lowest BCUT2D eigenvalue weighted by Crippen LogP contribution is -2.24. The first kappa shape index (κ1) is 17.0. The van der Waals surface area contributed by atoms with E-state index in [2.05, 4.69) is 17.5 Å². The van der Waals surface area contributed by atoms with E-state index in [0.29, 0.717) is 10.8 Å². The summed E-state index contributed by atoms with van der Waals surface area (Å²) in [6, 6.07) is 14.9. The van der Waals surface area contributed by atoms with Crippen LogP contribution in [-0.4, -0.2) is 18.7 Å². The lowest BCUT2D eigenvalue weighted by atomic mass is 10.1. The summed E-state index contributed by atoms with van der Waals surface area (Å²) in [4.78, 5) is 11.7. The number of halogens is 1. The minimum atomic E-state index is -0.312. The molecule has 0 aliphatic rings. The number of amides is 1. The summed E-state index contributed by atoms with van der Waals surface area (Å²) in [7, 11) is 0. The van der Waals surface area contributed by atoms with E-state index in [0.717, 1.165) is 18.4 Å². The van der Waals surface area contributed by atoms with Gasteiger partial charge in [-0.2, -0.15) is 5.10 Å². The molecule has 0 aliphatic heterocycles. The molecule has 0 spiro atoms. The van der Waals surface area contributed by atoms with Gasteiger partial charge in [-0.15, -0.1) is 0 Å². The predicted molar refractivity (Wildman–Crippen MR) is 93.1 cm³/mol. The van der Waals surface area contributed by atoms with Crippen LogP contribution in [0.1, 0.15) is 24.5 Å². The largest absolute Gasteiger partial charge is 0.484 e. The monoisotopic (exact) mass is 330 g/mol. The standard InChI is InChI=1S/C18H19ClN2O2/c1-2-3-14-6-10-17(11-7-14)23-13-18(22)21-20-12-15-4-8-16(19)9-5-15/h4-12H,2-3,13H2,1H3,(H,21,22). The van der Waals surface area contributed by atoms with Crippen molar-refractivity contribution in [1.82, 2.24) is 5.43 Å². The van der Waals surface area contributed by atoms with E-state index in [1.807, 2.05) is 36.4 Å². The van der Waals surface area contributed by atoms with Crippen LogP contribution in [0.5, 0.6) is 5.75 Å². The average Bonchev–Trinajstić information content (AvgIpc) is 2.56. The molecule has 2 aromatic rings. The molecule has 0 atom stereocenters. The number of rotatable bonds is 7. The second kappa shape index (κ2) is 8.96. The van der Waals surface area contributed by atoms with E-state index in [1.165, 1.54) is 5.56 Å². The first-order chi connectivity index (χ1) is 11.2. The number of hydrazone groups is 1. The minimum absolute atomic E-state index is 0.0783. The summed E-state index contributed by atoms with van der Waals surface area (Å²) in [5, 5.41) is 4.53. The van der Waals surface area contributed by atoms with E-state index in [9.17, 15) is 4.79 Å². The fraction of sp³-hybridized carbons (Fsp3) is 0.222. The fourth-order valence-electron chi connectivity index (χ4n) is 1.95. The first-order valence-electron chi connectivity index (χ1n) is 7.46. The molecule has 2 rings (SSSR count). The molecule has 4 nitrogen and oxygen atoms in total. The van der Waals surface area contributed by atoms with Crippen LogP contribution in [-0.2, 0) is 11.2 Å². The molecule has 0 bridgehead atoms. The summed E-state index contributed by atoms with van der Waals surface area (Å²) in [5.41, 5.74) is 4.53. The van der Waals surface area contributed by atoms with Gasteiger partial charge < -0.3 is 4.74 Å². The Morgan fingerprint density at radius 2 is 1.87 bits per heavy atom. The number of aryl methyl sites for hydroxylation is 1. The normalized spacial score (nSPS) is 10.7. The molecular weight excluding hydrogens is 312 g/mol. The van der Waals surface area contributed by atoms with Gasteiger partial charge in [0, 0.05) is 5.02 Å². The van der Waals surface area contributed by atoms with Crippen LogP contribution in [0.4, 0.5) is 0 Å². The molecule has 1 amide bonds. The SMILES string of the molecule is CCCc1ccc(OCC(=O)NN=Cc2ccc(Cl)cc2)cc1. The predicted octanol–water partition coefficient (Wildman–Crippen LogP) is 3.82. The summed E-state index contributed by atoms with van der Waals surface area (Å²) in [5.74, 6) is 0.356. The van der Waals surface area contributed by atoms with E-state index in [1.54, 1.807) is 18.3 Å². The van der Waals surface area contributed by atoms with Crippen molar-refractivity contribution in [3.8, 4) is 5.75 Å². The quantitative estimate of drug-likeness (QED) is 0.619. The maximum atomic E-state index is 11.7. The Labute approximate surface area is 141 Å². The number of nitrogens with one attached hydrogen (secondary N) is 1. The van der Waals surface area contributed by atoms with Crippen molar-refractivity contribution < 1.29 is 9.53 Å². The number of hydrogen-bond donors (Lipinski definition) is 1. The van der Waals surface area contributed by atoms with Gasteiger partial charge in [0.15, 0.2) is 6.61 Å². The van der Waals surface area contributed by atoms with E-state index < -0.39 is 0 Å². The topological polar surface area (TPSA) is 50.7 Å². The second-order valence-electron chi connectivity index (χ2n) is 5.03. The van der Waals surface area contributed by atoms with Crippen molar-refractivity contribution in [2.45, 2.75) is 19.8 Å². The van der Waals surface area contributed by atoms with Gasteiger partial charge >= 0.3 is 0 Å². The zero-order chi connectivity index (χ0) is 16.5. The van der Waals surface area contributed by atoms with Gasteiger partial charge in [-0.25, -0.2) is 5.43 Å². The lowest BCUT2D eigenvalue weighted by Gasteiger charge is -2.06. The number of benzene rings is 2. The summed E-state index contributed by atoms with van der Waals surface area (Å²) in [6.45, 7) is 2.06. The van der Waals surface area contributed by atoms with Crippen molar-refractivity contribution in [1.29, 1.82) is 0 Å². The third-order valence-corrected chi connectivity index (χ3v) is 3.36. The molecule has 5 heteroatoms. The van der Waals surface area contributed by atoms with E-state index in [-0.39, 0.29) is 12.5 Å². The molecule has 0 radical (unpaired) electrons. The maximum Gasteiger partial charge on any atom is 0.277 e. The van der Waals surface area contributed by atoms with Crippen molar-refractivity contribution >= 4 is 23.7 Å². The zero-order valence-electron chi connectivity index (χ0n) is 13.0. The van der Waals surface area contributed by atoms with Crippen LogP contribution >= 0.6 is 11.6 Å². The van der Waals surface area contributed by atoms with Crippen LogP contribution in [0.15, 0.2) is 53.6 Å². The first-order valence-corrected chi connectivity index (χ1v) is 7.84. The molecule has 23 heavy (non-hydrogen) atoms. The highest BCUT2D eigenvalue weighted by Gasteiger charge is 2.01. The number of hydrogen-bond acceptors (Lipinski definition) is 3. The van der Waals surface area contributed by atoms with Crippen molar-refractivity contribution in [3.63, 3.8) is 0 Å². The molecular formula is C18H19ClN2O2.